The van der Waals surface area contributed by atoms with Crippen LogP contribution in [0.1, 0.15) is 22.3 Å². The van der Waals surface area contributed by atoms with E-state index in [2.05, 4.69) is 4.90 Å². The van der Waals surface area contributed by atoms with Crippen LogP contribution in [0.5, 0.6) is 5.75 Å². The maximum Gasteiger partial charge on any atom is 0.196 e. The molecule has 2 aromatic rings. The normalized spacial score (nSPS) is 14.9. The van der Waals surface area contributed by atoms with Crippen LogP contribution >= 0.6 is 11.6 Å². The Bertz CT molecular complexity index is 810. The van der Waals surface area contributed by atoms with Crippen LogP contribution in [0.2, 0.25) is 5.02 Å². The first-order valence-electron chi connectivity index (χ1n) is 8.87. The van der Waals surface area contributed by atoms with Crippen LogP contribution in [0.4, 0.5) is 10.1 Å². The molecule has 144 valence electrons. The van der Waals surface area contributed by atoms with Crippen LogP contribution in [0.15, 0.2) is 36.4 Å². The average molecular weight is 393 g/mol. The van der Waals surface area contributed by atoms with E-state index in [1.54, 1.807) is 24.3 Å². The molecule has 0 aromatic heterocycles. The molecule has 0 radical (unpaired) electrons. The van der Waals surface area contributed by atoms with E-state index in [9.17, 15) is 9.18 Å². The lowest BCUT2D eigenvalue weighted by molar-refractivity contribution is 0.0357. The Morgan fingerprint density at radius 3 is 2.70 bits per heavy atom. The van der Waals surface area contributed by atoms with E-state index >= 15 is 0 Å². The SMILES string of the molecule is Nc1cc(OCCCN2CCOCC2)c(F)cc1C(=O)c1ccccc1Cl. The van der Waals surface area contributed by atoms with Crippen molar-refractivity contribution in [3.63, 3.8) is 0 Å². The van der Waals surface area contributed by atoms with Gasteiger partial charge in [-0.2, -0.15) is 0 Å². The van der Waals surface area contributed by atoms with Crippen molar-refractivity contribution >= 4 is 23.1 Å². The van der Waals surface area contributed by atoms with Crippen molar-refractivity contribution in [3.8, 4) is 5.75 Å². The standard InChI is InChI=1S/C20H22ClFN2O3/c21-16-5-2-1-4-14(16)20(25)15-12-17(22)19(13-18(15)23)27-9-3-6-24-7-10-26-11-8-24/h1-2,4-5,12-13H,3,6-11,23H2. The number of nitrogens with zero attached hydrogens (tertiary/aromatic N) is 1. The summed E-state index contributed by atoms with van der Waals surface area (Å²) in [5, 5.41) is 0.297. The fourth-order valence-corrected chi connectivity index (χ4v) is 3.18. The van der Waals surface area contributed by atoms with E-state index in [4.69, 9.17) is 26.8 Å². The molecule has 5 nitrogen and oxygen atoms in total. The van der Waals surface area contributed by atoms with Gasteiger partial charge in [0.05, 0.1) is 24.8 Å². The Kier molecular flexibility index (Phi) is 6.66. The van der Waals surface area contributed by atoms with Crippen molar-refractivity contribution in [2.75, 3.05) is 45.2 Å². The molecule has 1 aliphatic rings. The third-order valence-electron chi connectivity index (χ3n) is 4.45. The van der Waals surface area contributed by atoms with Crippen molar-refractivity contribution < 1.29 is 18.7 Å². The van der Waals surface area contributed by atoms with Gasteiger partial charge in [0.15, 0.2) is 17.3 Å². The third kappa shape index (κ3) is 4.97. The van der Waals surface area contributed by atoms with Crippen LogP contribution in [-0.4, -0.2) is 50.1 Å². The second-order valence-electron chi connectivity index (χ2n) is 6.33. The van der Waals surface area contributed by atoms with Crippen molar-refractivity contribution in [2.24, 2.45) is 0 Å². The Morgan fingerprint density at radius 1 is 1.22 bits per heavy atom. The fraction of sp³-hybridized carbons (Fsp3) is 0.350. The quantitative estimate of drug-likeness (QED) is 0.444. The van der Waals surface area contributed by atoms with Crippen LogP contribution in [0.3, 0.4) is 0 Å². The lowest BCUT2D eigenvalue weighted by atomic mass is 10.0. The molecular formula is C20H22ClFN2O3. The molecule has 3 rings (SSSR count). The number of anilines is 1. The molecule has 0 bridgehead atoms. The van der Waals surface area contributed by atoms with Gasteiger partial charge in [-0.05, 0) is 24.6 Å². The zero-order valence-electron chi connectivity index (χ0n) is 14.9. The van der Waals surface area contributed by atoms with E-state index in [1.165, 1.54) is 6.07 Å². The summed E-state index contributed by atoms with van der Waals surface area (Å²) in [4.78, 5) is 14.9. The number of carbonyl (C=O) groups excluding carboxylic acids is 1. The number of ketones is 1. The van der Waals surface area contributed by atoms with Crippen LogP contribution in [0.25, 0.3) is 0 Å². The van der Waals surface area contributed by atoms with Crippen molar-refractivity contribution in [2.45, 2.75) is 6.42 Å². The van der Waals surface area contributed by atoms with Crippen LogP contribution in [-0.2, 0) is 4.74 Å². The first-order valence-corrected chi connectivity index (χ1v) is 9.25. The van der Waals surface area contributed by atoms with Gasteiger partial charge in [-0.15, -0.1) is 0 Å². The third-order valence-corrected chi connectivity index (χ3v) is 4.78. The summed E-state index contributed by atoms with van der Waals surface area (Å²) in [7, 11) is 0. The van der Waals surface area contributed by atoms with E-state index in [0.717, 1.165) is 45.3 Å². The monoisotopic (exact) mass is 392 g/mol. The van der Waals surface area contributed by atoms with E-state index in [1.807, 2.05) is 0 Å². The molecule has 2 aromatic carbocycles. The molecule has 0 spiro atoms. The average Bonchev–Trinajstić information content (AvgIpc) is 2.68. The zero-order chi connectivity index (χ0) is 19.2. The van der Waals surface area contributed by atoms with Gasteiger partial charge >= 0.3 is 0 Å². The summed E-state index contributed by atoms with van der Waals surface area (Å²) in [6.07, 6.45) is 0.764. The van der Waals surface area contributed by atoms with Crippen molar-refractivity contribution in [1.82, 2.24) is 4.90 Å². The minimum Gasteiger partial charge on any atom is -0.490 e. The fourth-order valence-electron chi connectivity index (χ4n) is 2.96. The molecule has 1 heterocycles. The largest absolute Gasteiger partial charge is 0.490 e. The highest BCUT2D eigenvalue weighted by atomic mass is 35.5. The number of benzene rings is 2. The molecule has 2 N–H and O–H groups in total. The molecule has 0 aliphatic carbocycles. The number of nitrogens with two attached hydrogens (primary N) is 1. The minimum absolute atomic E-state index is 0.0465. The number of carbonyl (C=O) groups is 1. The summed E-state index contributed by atoms with van der Waals surface area (Å²) >= 11 is 6.05. The van der Waals surface area contributed by atoms with Gasteiger partial charge in [0.25, 0.3) is 0 Å². The smallest absolute Gasteiger partial charge is 0.196 e. The molecule has 1 saturated heterocycles. The molecule has 1 fully saturated rings. The summed E-state index contributed by atoms with van der Waals surface area (Å²) in [6, 6.07) is 9.06. The molecular weight excluding hydrogens is 371 g/mol. The molecule has 27 heavy (non-hydrogen) atoms. The summed E-state index contributed by atoms with van der Waals surface area (Å²) in [6.45, 7) is 4.52. The summed E-state index contributed by atoms with van der Waals surface area (Å²) in [5.74, 6) is -0.993. The minimum atomic E-state index is -0.619. The summed E-state index contributed by atoms with van der Waals surface area (Å²) in [5.41, 5.74) is 6.48. The number of nitrogen functional groups attached to an aromatic ring is 1. The predicted octanol–water partition coefficient (Wildman–Crippen LogP) is 3.39. The van der Waals surface area contributed by atoms with Gasteiger partial charge in [0.2, 0.25) is 0 Å². The number of rotatable bonds is 7. The number of morpholine rings is 1. The van der Waals surface area contributed by atoms with E-state index < -0.39 is 11.6 Å². The van der Waals surface area contributed by atoms with Gasteiger partial charge in [0, 0.05) is 42.5 Å². The predicted molar refractivity (Wildman–Crippen MR) is 103 cm³/mol. The highest BCUT2D eigenvalue weighted by Gasteiger charge is 2.18. The lowest BCUT2D eigenvalue weighted by Gasteiger charge is -2.26. The highest BCUT2D eigenvalue weighted by molar-refractivity contribution is 6.35. The van der Waals surface area contributed by atoms with Crippen LogP contribution in [0, 0.1) is 5.82 Å². The van der Waals surface area contributed by atoms with Gasteiger partial charge in [-0.1, -0.05) is 23.7 Å². The molecule has 0 saturated carbocycles. The Hall–Kier alpha value is -2.15. The topological polar surface area (TPSA) is 64.8 Å². The number of halogens is 2. The second-order valence-corrected chi connectivity index (χ2v) is 6.74. The van der Waals surface area contributed by atoms with Crippen molar-refractivity contribution in [1.29, 1.82) is 0 Å². The summed E-state index contributed by atoms with van der Waals surface area (Å²) < 4.78 is 25.2. The van der Waals surface area contributed by atoms with Crippen LogP contribution < -0.4 is 10.5 Å². The highest BCUT2D eigenvalue weighted by Crippen LogP contribution is 2.28. The Labute approximate surface area is 162 Å². The lowest BCUT2D eigenvalue weighted by Crippen LogP contribution is -2.37. The van der Waals surface area contributed by atoms with Gasteiger partial charge < -0.3 is 15.2 Å². The Morgan fingerprint density at radius 2 is 1.96 bits per heavy atom. The number of ether oxygens (including phenoxy) is 2. The molecule has 1 aliphatic heterocycles. The van der Waals surface area contributed by atoms with Gasteiger partial charge in [-0.25, -0.2) is 4.39 Å². The van der Waals surface area contributed by atoms with E-state index in [-0.39, 0.29) is 22.6 Å². The first kappa shape index (κ1) is 19.6. The molecule has 0 amide bonds. The first-order chi connectivity index (χ1) is 13.1. The maximum atomic E-state index is 14.4. The van der Waals surface area contributed by atoms with Gasteiger partial charge in [-0.3, -0.25) is 9.69 Å². The Balaban J connectivity index is 1.62. The molecule has 7 heteroatoms. The maximum absolute atomic E-state index is 14.4. The van der Waals surface area contributed by atoms with E-state index in [0.29, 0.717) is 11.6 Å². The molecule has 0 unspecified atom stereocenters. The molecule has 0 atom stereocenters. The van der Waals surface area contributed by atoms with Crippen molar-refractivity contribution in [3.05, 3.63) is 58.4 Å². The second kappa shape index (κ2) is 9.17. The number of hydrogen-bond acceptors (Lipinski definition) is 5. The number of hydrogen-bond donors (Lipinski definition) is 1. The van der Waals surface area contributed by atoms with Gasteiger partial charge in [0.1, 0.15) is 0 Å². The zero-order valence-corrected chi connectivity index (χ0v) is 15.7.